The van der Waals surface area contributed by atoms with Crippen LogP contribution in [0.2, 0.25) is 5.02 Å². The largest absolute Gasteiger partial charge is 0.416 e. The van der Waals surface area contributed by atoms with Gasteiger partial charge in [0.15, 0.2) is 4.80 Å². The lowest BCUT2D eigenvalue weighted by Crippen LogP contribution is -2.22. The summed E-state index contributed by atoms with van der Waals surface area (Å²) in [5, 5.41) is 1.90. The van der Waals surface area contributed by atoms with Gasteiger partial charge in [-0.15, -0.1) is 11.3 Å². The van der Waals surface area contributed by atoms with Crippen LogP contribution in [0.1, 0.15) is 5.56 Å². The topological polar surface area (TPSA) is 54.7 Å². The number of thiazole rings is 1. The Morgan fingerprint density at radius 1 is 1.10 bits per heavy atom. The highest BCUT2D eigenvalue weighted by Gasteiger charge is 2.30. The maximum Gasteiger partial charge on any atom is 0.416 e. The first kappa shape index (κ1) is 22.5. The van der Waals surface area contributed by atoms with Gasteiger partial charge in [0.2, 0.25) is 10.0 Å². The van der Waals surface area contributed by atoms with Crippen LogP contribution in [-0.4, -0.2) is 31.4 Å². The van der Waals surface area contributed by atoms with E-state index in [1.807, 2.05) is 0 Å². The molecule has 0 atom stereocenters. The molecule has 0 amide bonds. The zero-order chi connectivity index (χ0) is 22.3. The zero-order valence-electron chi connectivity index (χ0n) is 16.1. The van der Waals surface area contributed by atoms with Gasteiger partial charge in [-0.1, -0.05) is 17.7 Å². The molecule has 0 bridgehead atoms. The number of hydrogen-bond donors (Lipinski definition) is 0. The summed E-state index contributed by atoms with van der Waals surface area (Å²) in [6.45, 7) is 0. The molecule has 5 nitrogen and oxygen atoms in total. The minimum Gasteiger partial charge on any atom is -0.320 e. The van der Waals surface area contributed by atoms with E-state index in [9.17, 15) is 21.6 Å². The smallest absolute Gasteiger partial charge is 0.320 e. The second kappa shape index (κ2) is 8.18. The van der Waals surface area contributed by atoms with Gasteiger partial charge in [0.05, 0.1) is 22.0 Å². The fourth-order valence-electron chi connectivity index (χ4n) is 2.63. The lowest BCUT2D eigenvalue weighted by atomic mass is 10.2. The van der Waals surface area contributed by atoms with Gasteiger partial charge in [0.1, 0.15) is 4.90 Å². The third-order valence-corrected chi connectivity index (χ3v) is 7.54. The predicted molar refractivity (Wildman–Crippen MR) is 111 cm³/mol. The van der Waals surface area contributed by atoms with Crippen molar-refractivity contribution in [3.8, 4) is 11.3 Å². The van der Waals surface area contributed by atoms with Crippen LogP contribution < -0.4 is 4.80 Å². The van der Waals surface area contributed by atoms with Gasteiger partial charge in [-0.2, -0.15) is 13.2 Å². The minimum absolute atomic E-state index is 0.0147. The van der Waals surface area contributed by atoms with Crippen LogP contribution in [0.3, 0.4) is 0 Å². The van der Waals surface area contributed by atoms with Gasteiger partial charge < -0.3 is 4.57 Å². The molecular weight excluding hydrogens is 459 g/mol. The van der Waals surface area contributed by atoms with E-state index < -0.39 is 21.8 Å². The van der Waals surface area contributed by atoms with E-state index in [0.717, 1.165) is 16.4 Å². The third-order valence-electron chi connectivity index (χ3n) is 4.33. The average Bonchev–Trinajstić information content (AvgIpc) is 3.02. The molecule has 0 fully saturated rings. The molecule has 1 heterocycles. The number of sulfonamides is 1. The molecule has 2 aromatic carbocycles. The normalized spacial score (nSPS) is 13.3. The summed E-state index contributed by atoms with van der Waals surface area (Å²) >= 11 is 7.38. The Morgan fingerprint density at radius 3 is 2.30 bits per heavy atom. The fourth-order valence-corrected chi connectivity index (χ4v) is 4.94. The van der Waals surface area contributed by atoms with Gasteiger partial charge in [-0.3, -0.25) is 0 Å². The van der Waals surface area contributed by atoms with Gasteiger partial charge in [0, 0.05) is 32.1 Å². The minimum atomic E-state index is -4.40. The molecule has 1 aromatic heterocycles. The van der Waals surface area contributed by atoms with Crippen LogP contribution in [0.15, 0.2) is 57.7 Å². The van der Waals surface area contributed by atoms with Crippen molar-refractivity contribution < 1.29 is 21.6 Å². The van der Waals surface area contributed by atoms with Crippen molar-refractivity contribution >= 4 is 38.6 Å². The Morgan fingerprint density at radius 2 is 1.73 bits per heavy atom. The summed E-state index contributed by atoms with van der Waals surface area (Å²) in [6, 6.07) is 9.24. The number of nitrogens with zero attached hydrogens (tertiary/aromatic N) is 3. The summed E-state index contributed by atoms with van der Waals surface area (Å²) in [7, 11) is 0.852. The van der Waals surface area contributed by atoms with Crippen LogP contribution in [0, 0.1) is 0 Å². The molecule has 0 unspecified atom stereocenters. The van der Waals surface area contributed by atoms with Crippen LogP contribution >= 0.6 is 22.9 Å². The van der Waals surface area contributed by atoms with Crippen molar-refractivity contribution in [2.45, 2.75) is 11.1 Å². The first-order valence-corrected chi connectivity index (χ1v) is 11.2. The van der Waals surface area contributed by atoms with Gasteiger partial charge >= 0.3 is 6.18 Å². The number of benzene rings is 2. The number of alkyl halides is 3. The molecule has 11 heteroatoms. The average molecular weight is 476 g/mol. The van der Waals surface area contributed by atoms with E-state index in [2.05, 4.69) is 4.99 Å². The standard InChI is InChI=1S/C19H17ClF3N3O2S2/c1-25(2)30(27,28)17-10-12(4-9-15(17)20)16-11-29-18(26(16)3)24-14-7-5-13(6-8-14)19(21,22)23/h4-11H,1-3H3. The van der Waals surface area contributed by atoms with Crippen molar-refractivity contribution in [1.82, 2.24) is 8.87 Å². The summed E-state index contributed by atoms with van der Waals surface area (Å²) < 4.78 is 65.9. The van der Waals surface area contributed by atoms with E-state index in [1.54, 1.807) is 23.1 Å². The highest BCUT2D eigenvalue weighted by molar-refractivity contribution is 7.89. The second-order valence-corrected chi connectivity index (χ2v) is 9.92. The molecule has 3 aromatic rings. The molecule has 0 aliphatic rings. The quantitative estimate of drug-likeness (QED) is 0.538. The Bertz CT molecular complexity index is 1250. The van der Waals surface area contributed by atoms with Gasteiger partial charge in [-0.05, 0) is 36.4 Å². The van der Waals surface area contributed by atoms with Crippen molar-refractivity contribution in [2.24, 2.45) is 12.0 Å². The molecule has 0 spiro atoms. The predicted octanol–water partition coefficient (Wildman–Crippen LogP) is 4.91. The van der Waals surface area contributed by atoms with Gasteiger partial charge in [0.25, 0.3) is 0 Å². The van der Waals surface area contributed by atoms with Crippen molar-refractivity contribution in [3.63, 3.8) is 0 Å². The first-order chi connectivity index (χ1) is 13.9. The molecule has 0 saturated heterocycles. The highest BCUT2D eigenvalue weighted by Crippen LogP contribution is 2.31. The number of halogens is 4. The van der Waals surface area contributed by atoms with Gasteiger partial charge in [-0.25, -0.2) is 17.7 Å². The lowest BCUT2D eigenvalue weighted by molar-refractivity contribution is -0.137. The number of rotatable bonds is 4. The summed E-state index contributed by atoms with van der Waals surface area (Å²) in [4.78, 5) is 4.91. The molecule has 30 heavy (non-hydrogen) atoms. The summed E-state index contributed by atoms with van der Waals surface area (Å²) in [6.07, 6.45) is -4.40. The number of aromatic nitrogens is 1. The molecule has 0 N–H and O–H groups in total. The van der Waals surface area contributed by atoms with Crippen molar-refractivity contribution in [2.75, 3.05) is 14.1 Å². The highest BCUT2D eigenvalue weighted by atomic mass is 35.5. The molecule has 0 radical (unpaired) electrons. The molecule has 3 rings (SSSR count). The van der Waals surface area contributed by atoms with Crippen LogP contribution in [0.25, 0.3) is 11.3 Å². The second-order valence-electron chi connectivity index (χ2n) is 6.55. The lowest BCUT2D eigenvalue weighted by Gasteiger charge is -2.14. The Labute approximate surface area is 180 Å². The van der Waals surface area contributed by atoms with Crippen LogP contribution in [-0.2, 0) is 23.2 Å². The van der Waals surface area contributed by atoms with Crippen LogP contribution in [0.4, 0.5) is 18.9 Å². The Balaban J connectivity index is 2.03. The van der Waals surface area contributed by atoms with Crippen molar-refractivity contribution in [3.05, 3.63) is 63.2 Å². The monoisotopic (exact) mass is 475 g/mol. The summed E-state index contributed by atoms with van der Waals surface area (Å²) in [5.41, 5.74) is 0.942. The molecule has 0 saturated carbocycles. The van der Waals surface area contributed by atoms with E-state index in [-0.39, 0.29) is 9.92 Å². The van der Waals surface area contributed by atoms with E-state index in [1.165, 1.54) is 49.7 Å². The summed E-state index contributed by atoms with van der Waals surface area (Å²) in [5.74, 6) is 0. The number of hydrogen-bond acceptors (Lipinski definition) is 4. The van der Waals surface area contributed by atoms with Crippen LogP contribution in [0.5, 0.6) is 0 Å². The molecule has 0 aliphatic heterocycles. The fraction of sp³-hybridized carbons (Fsp3) is 0.211. The molecular formula is C19H17ClF3N3O2S2. The Kier molecular flexibility index (Phi) is 6.15. The van der Waals surface area contributed by atoms with E-state index >= 15 is 0 Å². The van der Waals surface area contributed by atoms with E-state index in [0.29, 0.717) is 21.7 Å². The zero-order valence-corrected chi connectivity index (χ0v) is 18.5. The SMILES string of the molecule is CN(C)S(=O)(=O)c1cc(-c2csc(=Nc3ccc(C(F)(F)F)cc3)n2C)ccc1Cl. The van der Waals surface area contributed by atoms with Crippen molar-refractivity contribution in [1.29, 1.82) is 0 Å². The Hall–Kier alpha value is -2.14. The molecule has 0 aliphatic carbocycles. The first-order valence-electron chi connectivity index (χ1n) is 8.50. The molecule has 160 valence electrons. The maximum atomic E-state index is 12.7. The third kappa shape index (κ3) is 4.46. The maximum absolute atomic E-state index is 12.7. The van der Waals surface area contributed by atoms with E-state index in [4.69, 9.17) is 11.6 Å².